The number of carboxylic acids is 1. The van der Waals surface area contributed by atoms with E-state index in [9.17, 15) is 9.90 Å². The monoisotopic (exact) mass is 279 g/mol. The number of carbonyl (C=O) groups excluding carboxylic acids is 1. The van der Waals surface area contributed by atoms with Crippen molar-refractivity contribution in [2.24, 2.45) is 0 Å². The van der Waals surface area contributed by atoms with Gasteiger partial charge in [0.25, 0.3) is 0 Å². The standard InChI is InChI=1S/C11H16N2O2.2ClH/c1-13(2)8-10-5-3-9(7-12-10)4-6-11(14)15;;/h3,5,7H,4,6,8H2,1-2H3,(H,14,15);2*1H/p-1. The van der Waals surface area contributed by atoms with Crippen LogP contribution in [0, 0.1) is 0 Å². The maximum atomic E-state index is 10.2. The van der Waals surface area contributed by atoms with Crippen molar-refractivity contribution in [1.29, 1.82) is 0 Å². The number of carboxylic acid groups (broad SMARTS) is 1. The first-order valence-corrected chi connectivity index (χ1v) is 4.86. The van der Waals surface area contributed by atoms with Gasteiger partial charge in [-0.15, -0.1) is 24.8 Å². The molecular weight excluding hydrogens is 263 g/mol. The Balaban J connectivity index is 0. The SMILES string of the molecule is CN(C)Cc1ccc(CCC(=O)[O-])cn1.Cl.Cl. The molecule has 0 spiro atoms. The van der Waals surface area contributed by atoms with E-state index in [0.29, 0.717) is 6.42 Å². The second kappa shape index (κ2) is 9.22. The van der Waals surface area contributed by atoms with Gasteiger partial charge in [-0.25, -0.2) is 0 Å². The van der Waals surface area contributed by atoms with Crippen LogP contribution in [0.3, 0.4) is 0 Å². The average molecular weight is 280 g/mol. The van der Waals surface area contributed by atoms with E-state index in [-0.39, 0.29) is 31.2 Å². The number of carbonyl (C=O) groups is 1. The molecule has 1 aromatic rings. The molecule has 0 N–H and O–H groups in total. The van der Waals surface area contributed by atoms with Crippen LogP contribution in [-0.4, -0.2) is 29.9 Å². The van der Waals surface area contributed by atoms with E-state index in [1.54, 1.807) is 6.20 Å². The Kier molecular flexibility index (Phi) is 10.0. The van der Waals surface area contributed by atoms with Crippen LogP contribution in [0.2, 0.25) is 0 Å². The molecule has 0 atom stereocenters. The highest BCUT2D eigenvalue weighted by atomic mass is 35.5. The molecule has 0 amide bonds. The zero-order valence-electron chi connectivity index (χ0n) is 9.88. The number of pyridine rings is 1. The van der Waals surface area contributed by atoms with Gasteiger partial charge in [0.05, 0.1) is 5.69 Å². The third-order valence-electron chi connectivity index (χ3n) is 1.98. The number of aryl methyl sites for hydroxylation is 1. The molecule has 0 aliphatic carbocycles. The quantitative estimate of drug-likeness (QED) is 0.795. The first-order chi connectivity index (χ1) is 7.08. The summed E-state index contributed by atoms with van der Waals surface area (Å²) < 4.78 is 0. The number of aliphatic carboxylic acids is 1. The van der Waals surface area contributed by atoms with Gasteiger partial charge in [0.2, 0.25) is 0 Å². The van der Waals surface area contributed by atoms with Crippen molar-refractivity contribution in [1.82, 2.24) is 9.88 Å². The lowest BCUT2D eigenvalue weighted by atomic mass is 10.1. The summed E-state index contributed by atoms with van der Waals surface area (Å²) in [7, 11) is 3.96. The Morgan fingerprint density at radius 2 is 2.00 bits per heavy atom. The Hall–Kier alpha value is -0.840. The van der Waals surface area contributed by atoms with Gasteiger partial charge in [-0.2, -0.15) is 0 Å². The number of rotatable bonds is 5. The third kappa shape index (κ3) is 7.96. The second-order valence-corrected chi connectivity index (χ2v) is 3.77. The van der Waals surface area contributed by atoms with Crippen molar-refractivity contribution >= 4 is 30.8 Å². The minimum Gasteiger partial charge on any atom is -0.550 e. The van der Waals surface area contributed by atoms with Crippen LogP contribution in [0.1, 0.15) is 17.7 Å². The highest BCUT2D eigenvalue weighted by Crippen LogP contribution is 2.04. The zero-order chi connectivity index (χ0) is 11.3. The minimum atomic E-state index is -1.02. The first kappa shape index (κ1) is 18.5. The summed E-state index contributed by atoms with van der Waals surface area (Å²) >= 11 is 0. The van der Waals surface area contributed by atoms with Gasteiger partial charge in [0, 0.05) is 18.7 Å². The Labute approximate surface area is 114 Å². The van der Waals surface area contributed by atoms with Crippen molar-refractivity contribution in [3.8, 4) is 0 Å². The molecule has 0 bridgehead atoms. The van der Waals surface area contributed by atoms with Gasteiger partial charge in [-0.3, -0.25) is 4.98 Å². The Morgan fingerprint density at radius 1 is 1.35 bits per heavy atom. The molecule has 0 aliphatic rings. The molecular formula is C11H17Cl2N2O2-. The number of hydrogen-bond donors (Lipinski definition) is 0. The molecule has 0 radical (unpaired) electrons. The summed E-state index contributed by atoms with van der Waals surface area (Å²) in [6, 6.07) is 3.83. The number of nitrogens with zero attached hydrogens (tertiary/aromatic N) is 2. The maximum absolute atomic E-state index is 10.2. The van der Waals surface area contributed by atoms with Crippen LogP contribution in [0.15, 0.2) is 18.3 Å². The molecule has 0 unspecified atom stereocenters. The van der Waals surface area contributed by atoms with Gasteiger partial charge in [0.1, 0.15) is 0 Å². The summed E-state index contributed by atoms with van der Waals surface area (Å²) in [5.41, 5.74) is 1.92. The molecule has 1 rings (SSSR count). The van der Waals surface area contributed by atoms with Gasteiger partial charge < -0.3 is 14.8 Å². The lowest BCUT2D eigenvalue weighted by Gasteiger charge is -2.09. The normalized spacial score (nSPS) is 9.35. The van der Waals surface area contributed by atoms with E-state index in [1.807, 2.05) is 31.1 Å². The fourth-order valence-electron chi connectivity index (χ4n) is 1.27. The molecule has 6 heteroatoms. The summed E-state index contributed by atoms with van der Waals surface area (Å²) in [5.74, 6) is -1.02. The van der Waals surface area contributed by atoms with E-state index in [1.165, 1.54) is 0 Å². The van der Waals surface area contributed by atoms with Crippen LogP contribution in [0.5, 0.6) is 0 Å². The number of hydrogen-bond acceptors (Lipinski definition) is 4. The largest absolute Gasteiger partial charge is 0.550 e. The van der Waals surface area contributed by atoms with E-state index < -0.39 is 5.97 Å². The van der Waals surface area contributed by atoms with E-state index in [2.05, 4.69) is 4.98 Å². The topological polar surface area (TPSA) is 56.3 Å². The van der Waals surface area contributed by atoms with Crippen molar-refractivity contribution in [3.05, 3.63) is 29.6 Å². The average Bonchev–Trinajstić information content (AvgIpc) is 2.16. The Morgan fingerprint density at radius 3 is 2.41 bits per heavy atom. The fourth-order valence-corrected chi connectivity index (χ4v) is 1.27. The minimum absolute atomic E-state index is 0. The van der Waals surface area contributed by atoms with Crippen molar-refractivity contribution in [2.75, 3.05) is 14.1 Å². The molecule has 17 heavy (non-hydrogen) atoms. The smallest absolute Gasteiger partial charge is 0.0543 e. The van der Waals surface area contributed by atoms with Crippen molar-refractivity contribution in [2.45, 2.75) is 19.4 Å². The first-order valence-electron chi connectivity index (χ1n) is 4.86. The van der Waals surface area contributed by atoms with Gasteiger partial charge >= 0.3 is 0 Å². The second-order valence-electron chi connectivity index (χ2n) is 3.77. The molecule has 0 aliphatic heterocycles. The predicted octanol–water partition coefficient (Wildman–Crippen LogP) is 0.669. The molecule has 98 valence electrons. The van der Waals surface area contributed by atoms with Crippen LogP contribution < -0.4 is 5.11 Å². The molecule has 0 saturated carbocycles. The number of halogens is 2. The molecule has 0 fully saturated rings. The highest BCUT2D eigenvalue weighted by Gasteiger charge is 1.98. The van der Waals surface area contributed by atoms with Crippen molar-refractivity contribution in [3.63, 3.8) is 0 Å². The van der Waals surface area contributed by atoms with E-state index >= 15 is 0 Å². The number of aromatic nitrogens is 1. The molecule has 4 nitrogen and oxygen atoms in total. The molecule has 1 heterocycles. The summed E-state index contributed by atoms with van der Waals surface area (Å²) in [5, 5.41) is 10.2. The van der Waals surface area contributed by atoms with E-state index in [0.717, 1.165) is 17.8 Å². The summed E-state index contributed by atoms with van der Waals surface area (Å²) in [6.45, 7) is 0.792. The zero-order valence-corrected chi connectivity index (χ0v) is 11.5. The summed E-state index contributed by atoms with van der Waals surface area (Å²) in [6.07, 6.45) is 2.26. The predicted molar refractivity (Wildman–Crippen MR) is 69.5 cm³/mol. The van der Waals surface area contributed by atoms with Gasteiger partial charge in [0.15, 0.2) is 0 Å². The van der Waals surface area contributed by atoms with Crippen LogP contribution >= 0.6 is 24.8 Å². The molecule has 0 aromatic carbocycles. The van der Waals surface area contributed by atoms with Gasteiger partial charge in [-0.1, -0.05) is 6.07 Å². The third-order valence-corrected chi connectivity index (χ3v) is 1.98. The molecule has 1 aromatic heterocycles. The van der Waals surface area contributed by atoms with Crippen LogP contribution in [-0.2, 0) is 17.8 Å². The van der Waals surface area contributed by atoms with Crippen molar-refractivity contribution < 1.29 is 9.90 Å². The fraction of sp³-hybridized carbons (Fsp3) is 0.455. The van der Waals surface area contributed by atoms with Gasteiger partial charge in [-0.05, 0) is 38.6 Å². The molecule has 0 saturated heterocycles. The lowest BCUT2D eigenvalue weighted by molar-refractivity contribution is -0.305. The highest BCUT2D eigenvalue weighted by molar-refractivity contribution is 5.85. The summed E-state index contributed by atoms with van der Waals surface area (Å²) in [4.78, 5) is 16.5. The maximum Gasteiger partial charge on any atom is 0.0543 e. The Bertz CT molecular complexity index is 329. The van der Waals surface area contributed by atoms with Crippen LogP contribution in [0.25, 0.3) is 0 Å². The van der Waals surface area contributed by atoms with E-state index in [4.69, 9.17) is 0 Å². The lowest BCUT2D eigenvalue weighted by Crippen LogP contribution is -2.22. The van der Waals surface area contributed by atoms with Crippen LogP contribution in [0.4, 0.5) is 0 Å².